The smallest absolute Gasteiger partial charge is 0.342 e. The first-order chi connectivity index (χ1) is 15.6. The standard InChI is InChI=1S/C26H27NO5/c1-30-23-15-9-14-22(25(23)31-2)26(29)32-18-24(28)27-17-16-21(19-10-5-3-6-11-19)20-12-7-4-8-13-20/h3-15,21H,16-18H2,1-2H3,(H,27,28). The molecule has 166 valence electrons. The van der Waals surface area contributed by atoms with Gasteiger partial charge in [-0.3, -0.25) is 4.79 Å². The second-order valence-corrected chi connectivity index (χ2v) is 7.13. The summed E-state index contributed by atoms with van der Waals surface area (Å²) in [6.45, 7) is 0.0772. The summed E-state index contributed by atoms with van der Waals surface area (Å²) in [5.41, 5.74) is 2.57. The van der Waals surface area contributed by atoms with E-state index in [4.69, 9.17) is 14.2 Å². The highest BCUT2D eigenvalue weighted by molar-refractivity contribution is 5.94. The fraction of sp³-hybridized carbons (Fsp3) is 0.231. The van der Waals surface area contributed by atoms with Crippen molar-refractivity contribution in [3.05, 3.63) is 95.6 Å². The maximum atomic E-state index is 12.4. The molecule has 0 heterocycles. The third-order valence-electron chi connectivity index (χ3n) is 5.12. The first-order valence-electron chi connectivity index (χ1n) is 10.4. The van der Waals surface area contributed by atoms with E-state index in [2.05, 4.69) is 29.6 Å². The number of amides is 1. The Morgan fingerprint density at radius 2 is 1.44 bits per heavy atom. The number of hydrogen-bond acceptors (Lipinski definition) is 5. The van der Waals surface area contributed by atoms with Crippen molar-refractivity contribution in [3.8, 4) is 11.5 Å². The number of methoxy groups -OCH3 is 2. The molecule has 0 atom stereocenters. The van der Waals surface area contributed by atoms with Crippen molar-refractivity contribution in [2.24, 2.45) is 0 Å². The number of nitrogens with one attached hydrogen (secondary N) is 1. The van der Waals surface area contributed by atoms with Gasteiger partial charge in [0.1, 0.15) is 5.56 Å². The summed E-state index contributed by atoms with van der Waals surface area (Å²) in [6, 6.07) is 25.3. The summed E-state index contributed by atoms with van der Waals surface area (Å²) >= 11 is 0. The zero-order chi connectivity index (χ0) is 22.8. The van der Waals surface area contributed by atoms with Gasteiger partial charge >= 0.3 is 5.97 Å². The fourth-order valence-corrected chi connectivity index (χ4v) is 3.56. The number of ether oxygens (including phenoxy) is 3. The van der Waals surface area contributed by atoms with Crippen molar-refractivity contribution < 1.29 is 23.8 Å². The van der Waals surface area contributed by atoms with Crippen LogP contribution in [0.25, 0.3) is 0 Å². The van der Waals surface area contributed by atoms with Crippen LogP contribution in [0.4, 0.5) is 0 Å². The summed E-state index contributed by atoms with van der Waals surface area (Å²) in [5.74, 6) is -0.169. The van der Waals surface area contributed by atoms with Crippen LogP contribution in [0.5, 0.6) is 11.5 Å². The average molecular weight is 434 g/mol. The molecule has 6 heteroatoms. The van der Waals surface area contributed by atoms with E-state index in [-0.39, 0.29) is 29.7 Å². The normalized spacial score (nSPS) is 10.5. The van der Waals surface area contributed by atoms with E-state index in [0.29, 0.717) is 12.3 Å². The number of rotatable bonds is 10. The molecule has 0 bridgehead atoms. The molecule has 0 saturated carbocycles. The Bertz CT molecular complexity index is 981. The summed E-state index contributed by atoms with van der Waals surface area (Å²) < 4.78 is 15.6. The summed E-state index contributed by atoms with van der Waals surface area (Å²) in [6.07, 6.45) is 0.720. The molecular formula is C26H27NO5. The minimum Gasteiger partial charge on any atom is -0.493 e. The molecule has 0 saturated heterocycles. The van der Waals surface area contributed by atoms with E-state index < -0.39 is 5.97 Å². The number of carbonyl (C=O) groups is 2. The lowest BCUT2D eigenvalue weighted by atomic mass is 9.88. The molecule has 0 unspecified atom stereocenters. The van der Waals surface area contributed by atoms with Crippen LogP contribution in [0.2, 0.25) is 0 Å². The van der Waals surface area contributed by atoms with Crippen molar-refractivity contribution in [2.75, 3.05) is 27.4 Å². The molecular weight excluding hydrogens is 406 g/mol. The largest absolute Gasteiger partial charge is 0.493 e. The first kappa shape index (κ1) is 22.9. The third-order valence-corrected chi connectivity index (χ3v) is 5.12. The van der Waals surface area contributed by atoms with Crippen LogP contribution in [0, 0.1) is 0 Å². The van der Waals surface area contributed by atoms with Gasteiger partial charge in [0, 0.05) is 12.5 Å². The van der Waals surface area contributed by atoms with Gasteiger partial charge in [-0.15, -0.1) is 0 Å². The Morgan fingerprint density at radius 3 is 2.00 bits per heavy atom. The molecule has 0 aromatic heterocycles. The van der Waals surface area contributed by atoms with E-state index in [1.54, 1.807) is 18.2 Å². The molecule has 1 amide bonds. The van der Waals surface area contributed by atoms with Crippen molar-refractivity contribution in [1.82, 2.24) is 5.32 Å². The van der Waals surface area contributed by atoms with Crippen LogP contribution in [0.15, 0.2) is 78.9 Å². The molecule has 0 aliphatic heterocycles. The SMILES string of the molecule is COc1cccc(C(=O)OCC(=O)NCCC(c2ccccc2)c2ccccc2)c1OC. The van der Waals surface area contributed by atoms with Gasteiger partial charge in [0.15, 0.2) is 18.1 Å². The van der Waals surface area contributed by atoms with Crippen LogP contribution in [0.1, 0.15) is 33.8 Å². The molecule has 32 heavy (non-hydrogen) atoms. The predicted molar refractivity (Wildman–Crippen MR) is 122 cm³/mol. The molecule has 0 spiro atoms. The van der Waals surface area contributed by atoms with Crippen LogP contribution in [-0.4, -0.2) is 39.2 Å². The van der Waals surface area contributed by atoms with E-state index >= 15 is 0 Å². The molecule has 3 aromatic rings. The van der Waals surface area contributed by atoms with E-state index in [9.17, 15) is 9.59 Å². The van der Waals surface area contributed by atoms with Crippen LogP contribution in [-0.2, 0) is 9.53 Å². The van der Waals surface area contributed by atoms with Gasteiger partial charge < -0.3 is 19.5 Å². The number of para-hydroxylation sites is 1. The van der Waals surface area contributed by atoms with Crippen LogP contribution in [0.3, 0.4) is 0 Å². The molecule has 3 rings (SSSR count). The van der Waals surface area contributed by atoms with Crippen molar-refractivity contribution in [2.45, 2.75) is 12.3 Å². The van der Waals surface area contributed by atoms with Gasteiger partial charge in [-0.1, -0.05) is 66.7 Å². The minimum absolute atomic E-state index is 0.154. The van der Waals surface area contributed by atoms with Crippen molar-refractivity contribution >= 4 is 11.9 Å². The summed E-state index contributed by atoms with van der Waals surface area (Å²) in [4.78, 5) is 24.7. The highest BCUT2D eigenvalue weighted by atomic mass is 16.5. The van der Waals surface area contributed by atoms with Gasteiger partial charge in [-0.25, -0.2) is 4.79 Å². The lowest BCUT2D eigenvalue weighted by molar-refractivity contribution is -0.124. The lowest BCUT2D eigenvalue weighted by Gasteiger charge is -2.18. The molecule has 0 aliphatic carbocycles. The zero-order valence-corrected chi connectivity index (χ0v) is 18.2. The number of hydrogen-bond donors (Lipinski definition) is 1. The van der Waals surface area contributed by atoms with E-state index in [1.165, 1.54) is 25.3 Å². The zero-order valence-electron chi connectivity index (χ0n) is 18.2. The minimum atomic E-state index is -0.651. The van der Waals surface area contributed by atoms with Gasteiger partial charge in [-0.2, -0.15) is 0 Å². The summed E-state index contributed by atoms with van der Waals surface area (Å²) in [5, 5.41) is 2.84. The predicted octanol–water partition coefficient (Wildman–Crippen LogP) is 4.20. The Labute approximate surface area is 188 Å². The maximum Gasteiger partial charge on any atom is 0.342 e. The Kier molecular flexibility index (Phi) is 8.26. The quantitative estimate of drug-likeness (QED) is 0.485. The highest BCUT2D eigenvalue weighted by Gasteiger charge is 2.19. The second-order valence-electron chi connectivity index (χ2n) is 7.13. The monoisotopic (exact) mass is 433 g/mol. The van der Waals surface area contributed by atoms with Crippen molar-refractivity contribution in [1.29, 1.82) is 0 Å². The van der Waals surface area contributed by atoms with Crippen LogP contribution >= 0.6 is 0 Å². The highest BCUT2D eigenvalue weighted by Crippen LogP contribution is 2.31. The molecule has 3 aromatic carbocycles. The molecule has 1 N–H and O–H groups in total. The van der Waals surface area contributed by atoms with E-state index in [1.807, 2.05) is 36.4 Å². The lowest BCUT2D eigenvalue weighted by Crippen LogP contribution is -2.30. The van der Waals surface area contributed by atoms with Gasteiger partial charge in [0.25, 0.3) is 5.91 Å². The fourth-order valence-electron chi connectivity index (χ4n) is 3.56. The summed E-state index contributed by atoms with van der Waals surface area (Å²) in [7, 11) is 2.93. The van der Waals surface area contributed by atoms with Gasteiger partial charge in [0.2, 0.25) is 0 Å². The van der Waals surface area contributed by atoms with E-state index in [0.717, 1.165) is 6.42 Å². The number of benzene rings is 3. The molecule has 6 nitrogen and oxygen atoms in total. The van der Waals surface area contributed by atoms with Gasteiger partial charge in [0.05, 0.1) is 14.2 Å². The molecule has 0 fully saturated rings. The first-order valence-corrected chi connectivity index (χ1v) is 10.4. The second kappa shape index (κ2) is 11.6. The Hall–Kier alpha value is -3.80. The average Bonchev–Trinajstić information content (AvgIpc) is 2.85. The molecule has 0 radical (unpaired) electrons. The third kappa shape index (κ3) is 5.88. The van der Waals surface area contributed by atoms with Crippen LogP contribution < -0.4 is 14.8 Å². The van der Waals surface area contributed by atoms with Gasteiger partial charge in [-0.05, 0) is 29.7 Å². The van der Waals surface area contributed by atoms with Crippen molar-refractivity contribution in [3.63, 3.8) is 0 Å². The topological polar surface area (TPSA) is 73.9 Å². The maximum absolute atomic E-state index is 12.4. The number of esters is 1. The molecule has 0 aliphatic rings. The Morgan fingerprint density at radius 1 is 0.812 bits per heavy atom. The number of carbonyl (C=O) groups excluding carboxylic acids is 2. The Balaban J connectivity index is 1.55.